The standard InChI is InChI=1S/C10H22N2O3S/c1-8(15-3)7-16(13,14)12-5-4-10(6-12)9(2)11/h8-10H,4-7,11H2,1-3H3. The molecule has 0 aromatic rings. The molecule has 0 spiro atoms. The number of rotatable bonds is 5. The monoisotopic (exact) mass is 250 g/mol. The van der Waals surface area contributed by atoms with Gasteiger partial charge >= 0.3 is 0 Å². The van der Waals surface area contributed by atoms with E-state index in [1.807, 2.05) is 6.92 Å². The van der Waals surface area contributed by atoms with E-state index in [9.17, 15) is 8.42 Å². The van der Waals surface area contributed by atoms with Crippen LogP contribution in [0.1, 0.15) is 20.3 Å². The van der Waals surface area contributed by atoms with Gasteiger partial charge in [-0.3, -0.25) is 0 Å². The van der Waals surface area contributed by atoms with E-state index in [0.29, 0.717) is 13.1 Å². The van der Waals surface area contributed by atoms with Crippen LogP contribution in [0.3, 0.4) is 0 Å². The molecule has 3 atom stereocenters. The molecule has 2 N–H and O–H groups in total. The number of nitrogens with zero attached hydrogens (tertiary/aromatic N) is 1. The van der Waals surface area contributed by atoms with Crippen LogP contribution in [0, 0.1) is 5.92 Å². The highest BCUT2D eigenvalue weighted by Gasteiger charge is 2.33. The molecular formula is C10H22N2O3S. The van der Waals surface area contributed by atoms with Gasteiger partial charge in [-0.05, 0) is 26.2 Å². The summed E-state index contributed by atoms with van der Waals surface area (Å²) < 4.78 is 30.5. The van der Waals surface area contributed by atoms with Crippen molar-refractivity contribution in [1.29, 1.82) is 0 Å². The molecule has 0 radical (unpaired) electrons. The van der Waals surface area contributed by atoms with E-state index in [2.05, 4.69) is 0 Å². The molecule has 0 aromatic heterocycles. The van der Waals surface area contributed by atoms with Gasteiger partial charge in [-0.1, -0.05) is 0 Å². The molecule has 16 heavy (non-hydrogen) atoms. The maximum atomic E-state index is 12.0. The first-order valence-corrected chi connectivity index (χ1v) is 7.24. The Labute approximate surface area is 98.0 Å². The van der Waals surface area contributed by atoms with Crippen LogP contribution >= 0.6 is 0 Å². The normalized spacial score (nSPS) is 26.9. The second-order valence-electron chi connectivity index (χ2n) is 4.59. The van der Waals surface area contributed by atoms with Crippen molar-refractivity contribution >= 4 is 10.0 Å². The average molecular weight is 250 g/mol. The van der Waals surface area contributed by atoms with Gasteiger partial charge in [0.05, 0.1) is 11.9 Å². The first kappa shape index (κ1) is 13.9. The summed E-state index contributed by atoms with van der Waals surface area (Å²) in [6.07, 6.45) is 0.595. The Morgan fingerprint density at radius 1 is 1.50 bits per heavy atom. The minimum absolute atomic E-state index is 0.0508. The molecular weight excluding hydrogens is 228 g/mol. The van der Waals surface area contributed by atoms with Gasteiger partial charge in [0.15, 0.2) is 0 Å². The van der Waals surface area contributed by atoms with Crippen LogP contribution < -0.4 is 5.73 Å². The van der Waals surface area contributed by atoms with Crippen molar-refractivity contribution in [3.63, 3.8) is 0 Å². The van der Waals surface area contributed by atoms with Crippen molar-refractivity contribution in [2.24, 2.45) is 11.7 Å². The van der Waals surface area contributed by atoms with Gasteiger partial charge in [0.25, 0.3) is 0 Å². The number of sulfonamides is 1. The average Bonchev–Trinajstić information content (AvgIpc) is 2.66. The highest BCUT2D eigenvalue weighted by Crippen LogP contribution is 2.22. The van der Waals surface area contributed by atoms with Crippen molar-refractivity contribution in [2.75, 3.05) is 26.0 Å². The van der Waals surface area contributed by atoms with Crippen LogP contribution in [0.2, 0.25) is 0 Å². The Kier molecular flexibility index (Phi) is 4.73. The van der Waals surface area contributed by atoms with Crippen molar-refractivity contribution in [3.8, 4) is 0 Å². The second-order valence-corrected chi connectivity index (χ2v) is 6.60. The van der Waals surface area contributed by atoms with E-state index in [-0.39, 0.29) is 23.8 Å². The number of nitrogens with two attached hydrogens (primary N) is 1. The fraction of sp³-hybridized carbons (Fsp3) is 1.00. The summed E-state index contributed by atoms with van der Waals surface area (Å²) in [5.41, 5.74) is 5.78. The smallest absolute Gasteiger partial charge is 0.216 e. The lowest BCUT2D eigenvalue weighted by atomic mass is 10.0. The Morgan fingerprint density at radius 3 is 2.56 bits per heavy atom. The number of hydrogen-bond acceptors (Lipinski definition) is 4. The quantitative estimate of drug-likeness (QED) is 0.746. The molecule has 0 aliphatic carbocycles. The zero-order valence-corrected chi connectivity index (χ0v) is 11.0. The predicted molar refractivity (Wildman–Crippen MR) is 63.6 cm³/mol. The minimum atomic E-state index is -3.18. The van der Waals surface area contributed by atoms with Crippen molar-refractivity contribution < 1.29 is 13.2 Å². The zero-order valence-electron chi connectivity index (χ0n) is 10.2. The summed E-state index contributed by atoms with van der Waals surface area (Å²) in [6.45, 7) is 4.83. The fourth-order valence-corrected chi connectivity index (χ4v) is 3.65. The van der Waals surface area contributed by atoms with Gasteiger partial charge in [-0.2, -0.15) is 0 Å². The summed E-state index contributed by atoms with van der Waals surface area (Å²) in [6, 6.07) is 0.0556. The number of methoxy groups -OCH3 is 1. The van der Waals surface area contributed by atoms with E-state index >= 15 is 0 Å². The van der Waals surface area contributed by atoms with Crippen molar-refractivity contribution in [2.45, 2.75) is 32.4 Å². The predicted octanol–water partition coefficient (Wildman–Crippen LogP) is 0.0202. The van der Waals surface area contributed by atoms with Crippen LogP contribution in [0.15, 0.2) is 0 Å². The molecule has 3 unspecified atom stereocenters. The molecule has 5 nitrogen and oxygen atoms in total. The maximum Gasteiger partial charge on any atom is 0.216 e. The first-order valence-electron chi connectivity index (χ1n) is 5.63. The van der Waals surface area contributed by atoms with Crippen LogP contribution in [-0.4, -0.2) is 50.8 Å². The Morgan fingerprint density at radius 2 is 2.12 bits per heavy atom. The number of hydrogen-bond donors (Lipinski definition) is 1. The van der Waals surface area contributed by atoms with E-state index in [0.717, 1.165) is 6.42 Å². The van der Waals surface area contributed by atoms with Gasteiger partial charge in [0.2, 0.25) is 10.0 Å². The maximum absolute atomic E-state index is 12.0. The summed E-state index contributed by atoms with van der Waals surface area (Å²) in [5, 5.41) is 0. The number of ether oxygens (including phenoxy) is 1. The van der Waals surface area contributed by atoms with Gasteiger partial charge in [0.1, 0.15) is 0 Å². The summed E-state index contributed by atoms with van der Waals surface area (Å²) in [5.74, 6) is 0.336. The van der Waals surface area contributed by atoms with Gasteiger partial charge < -0.3 is 10.5 Å². The molecule has 96 valence electrons. The Bertz CT molecular complexity index is 316. The van der Waals surface area contributed by atoms with Crippen molar-refractivity contribution in [3.05, 3.63) is 0 Å². The largest absolute Gasteiger partial charge is 0.381 e. The van der Waals surface area contributed by atoms with Gasteiger partial charge in [-0.15, -0.1) is 0 Å². The molecule has 0 amide bonds. The third kappa shape index (κ3) is 3.41. The Hall–Kier alpha value is -0.170. The van der Waals surface area contributed by atoms with Crippen molar-refractivity contribution in [1.82, 2.24) is 4.31 Å². The summed E-state index contributed by atoms with van der Waals surface area (Å²) in [4.78, 5) is 0. The summed E-state index contributed by atoms with van der Waals surface area (Å²) in [7, 11) is -1.66. The lowest BCUT2D eigenvalue weighted by molar-refractivity contribution is 0.135. The highest BCUT2D eigenvalue weighted by molar-refractivity contribution is 7.89. The molecule has 0 saturated carbocycles. The molecule has 1 aliphatic rings. The molecule has 0 bridgehead atoms. The lowest BCUT2D eigenvalue weighted by Gasteiger charge is -2.19. The van der Waals surface area contributed by atoms with Crippen LogP contribution in [0.4, 0.5) is 0 Å². The third-order valence-electron chi connectivity index (χ3n) is 3.17. The van der Waals surface area contributed by atoms with Crippen LogP contribution in [0.25, 0.3) is 0 Å². The molecule has 0 aromatic carbocycles. The Balaban J connectivity index is 2.59. The molecule has 6 heteroatoms. The molecule has 1 fully saturated rings. The van der Waals surface area contributed by atoms with Gasteiger partial charge in [0, 0.05) is 26.2 Å². The fourth-order valence-electron chi connectivity index (χ4n) is 1.91. The highest BCUT2D eigenvalue weighted by atomic mass is 32.2. The van der Waals surface area contributed by atoms with Crippen LogP contribution in [-0.2, 0) is 14.8 Å². The third-order valence-corrected chi connectivity index (χ3v) is 5.18. The second kappa shape index (κ2) is 5.44. The lowest BCUT2D eigenvalue weighted by Crippen LogP contribution is -2.36. The van der Waals surface area contributed by atoms with Crippen LogP contribution in [0.5, 0.6) is 0 Å². The van der Waals surface area contributed by atoms with Gasteiger partial charge in [-0.25, -0.2) is 12.7 Å². The van der Waals surface area contributed by atoms with E-state index in [1.165, 1.54) is 11.4 Å². The first-order chi connectivity index (χ1) is 7.36. The molecule has 1 aliphatic heterocycles. The van der Waals surface area contributed by atoms with E-state index < -0.39 is 10.0 Å². The molecule has 1 rings (SSSR count). The SMILES string of the molecule is COC(C)CS(=O)(=O)N1CCC(C(C)N)C1. The minimum Gasteiger partial charge on any atom is -0.381 e. The topological polar surface area (TPSA) is 72.6 Å². The molecule has 1 saturated heterocycles. The van der Waals surface area contributed by atoms with E-state index in [1.54, 1.807) is 6.92 Å². The van der Waals surface area contributed by atoms with E-state index in [4.69, 9.17) is 10.5 Å². The summed E-state index contributed by atoms with van der Waals surface area (Å²) >= 11 is 0. The zero-order chi connectivity index (χ0) is 12.3. The molecule has 1 heterocycles.